The van der Waals surface area contributed by atoms with Crippen molar-refractivity contribution in [3.63, 3.8) is 0 Å². The fourth-order valence-electron chi connectivity index (χ4n) is 2.09. The Morgan fingerprint density at radius 2 is 2.00 bits per heavy atom. The third-order valence-electron chi connectivity index (χ3n) is 3.33. The van der Waals surface area contributed by atoms with E-state index in [2.05, 4.69) is 10.3 Å². The summed E-state index contributed by atoms with van der Waals surface area (Å²) in [5.41, 5.74) is 11.9. The largest absolute Gasteiger partial charge is 0.368 e. The number of nitrogens with one attached hydrogen (secondary N) is 2. The zero-order valence-corrected chi connectivity index (χ0v) is 12.1. The highest BCUT2D eigenvalue weighted by Crippen LogP contribution is 2.19. The number of amides is 2. The van der Waals surface area contributed by atoms with Crippen LogP contribution in [0.25, 0.3) is 10.9 Å². The molecule has 0 unspecified atom stereocenters. The highest BCUT2D eigenvalue weighted by atomic mass is 16.2. The van der Waals surface area contributed by atoms with Crippen molar-refractivity contribution in [1.29, 1.82) is 0 Å². The number of carbonyl (C=O) groups excluding carboxylic acids is 2. The number of para-hydroxylation sites is 1. The highest BCUT2D eigenvalue weighted by Gasteiger charge is 2.27. The maximum absolute atomic E-state index is 11.9. The zero-order chi connectivity index (χ0) is 15.6. The second-order valence-corrected chi connectivity index (χ2v) is 5.71. The van der Waals surface area contributed by atoms with Crippen LogP contribution in [0, 0.1) is 0 Å². The molecule has 1 heterocycles. The van der Waals surface area contributed by atoms with Gasteiger partial charge in [-0.25, -0.2) is 0 Å². The van der Waals surface area contributed by atoms with Crippen LogP contribution >= 0.6 is 0 Å². The lowest BCUT2D eigenvalue weighted by atomic mass is 10.0. The van der Waals surface area contributed by atoms with Gasteiger partial charge in [0.2, 0.25) is 11.8 Å². The predicted molar refractivity (Wildman–Crippen MR) is 81.4 cm³/mol. The van der Waals surface area contributed by atoms with Gasteiger partial charge < -0.3 is 21.8 Å². The molecule has 0 aliphatic carbocycles. The smallest absolute Gasteiger partial charge is 0.240 e. The van der Waals surface area contributed by atoms with Crippen LogP contribution in [-0.2, 0) is 16.0 Å². The molecule has 0 saturated carbocycles. The molecule has 0 bridgehead atoms. The van der Waals surface area contributed by atoms with Gasteiger partial charge in [-0.3, -0.25) is 9.59 Å². The molecule has 0 aliphatic rings. The van der Waals surface area contributed by atoms with Gasteiger partial charge in [0, 0.05) is 23.5 Å². The number of primary amides is 1. The molecule has 2 rings (SSSR count). The standard InChI is InChI=1S/C15H20N4O2/c1-15(2,17)14(21)19-12(13(16)20)7-9-8-18-11-6-4-3-5-10(9)11/h3-6,8,12,18H,7,17H2,1-2H3,(H2,16,20)(H,19,21)/t12-/m1/s1. The molecule has 0 spiro atoms. The molecule has 1 aromatic carbocycles. The van der Waals surface area contributed by atoms with E-state index >= 15 is 0 Å². The molecule has 6 heteroatoms. The van der Waals surface area contributed by atoms with Crippen molar-refractivity contribution < 1.29 is 9.59 Å². The van der Waals surface area contributed by atoms with Gasteiger partial charge in [-0.05, 0) is 25.5 Å². The molecule has 21 heavy (non-hydrogen) atoms. The maximum Gasteiger partial charge on any atom is 0.240 e. The lowest BCUT2D eigenvalue weighted by Crippen LogP contribution is -2.55. The van der Waals surface area contributed by atoms with E-state index in [1.54, 1.807) is 13.8 Å². The van der Waals surface area contributed by atoms with E-state index in [4.69, 9.17) is 11.5 Å². The van der Waals surface area contributed by atoms with Gasteiger partial charge in [-0.1, -0.05) is 18.2 Å². The minimum Gasteiger partial charge on any atom is -0.368 e. The van der Waals surface area contributed by atoms with Crippen molar-refractivity contribution >= 4 is 22.7 Å². The summed E-state index contributed by atoms with van der Waals surface area (Å²) in [6, 6.07) is 6.95. The molecule has 2 aromatic rings. The summed E-state index contributed by atoms with van der Waals surface area (Å²) < 4.78 is 0. The predicted octanol–water partition coefficient (Wildman–Crippen LogP) is 0.418. The van der Waals surface area contributed by atoms with Gasteiger partial charge in [0.1, 0.15) is 6.04 Å². The molecule has 0 radical (unpaired) electrons. The van der Waals surface area contributed by atoms with E-state index in [9.17, 15) is 9.59 Å². The molecular weight excluding hydrogens is 268 g/mol. The van der Waals surface area contributed by atoms with E-state index in [-0.39, 0.29) is 0 Å². The van der Waals surface area contributed by atoms with Gasteiger partial charge in [0.05, 0.1) is 5.54 Å². The van der Waals surface area contributed by atoms with Crippen molar-refractivity contribution in [3.05, 3.63) is 36.0 Å². The Morgan fingerprint density at radius 1 is 1.33 bits per heavy atom. The van der Waals surface area contributed by atoms with Crippen LogP contribution < -0.4 is 16.8 Å². The first-order chi connectivity index (χ1) is 9.79. The number of hydrogen-bond acceptors (Lipinski definition) is 3. The first-order valence-electron chi connectivity index (χ1n) is 6.73. The molecule has 0 fully saturated rings. The highest BCUT2D eigenvalue weighted by molar-refractivity contribution is 5.91. The van der Waals surface area contributed by atoms with Gasteiger partial charge in [-0.2, -0.15) is 0 Å². The molecule has 1 aromatic heterocycles. The first-order valence-corrected chi connectivity index (χ1v) is 6.73. The number of carbonyl (C=O) groups is 2. The molecular formula is C15H20N4O2. The Labute approximate surface area is 122 Å². The number of H-pyrrole nitrogens is 1. The maximum atomic E-state index is 11.9. The molecule has 0 aliphatic heterocycles. The van der Waals surface area contributed by atoms with E-state index in [1.807, 2.05) is 30.5 Å². The molecule has 6 N–H and O–H groups in total. The average Bonchev–Trinajstić information content (AvgIpc) is 2.80. The van der Waals surface area contributed by atoms with Crippen molar-refractivity contribution in [3.8, 4) is 0 Å². The van der Waals surface area contributed by atoms with Gasteiger partial charge in [0.25, 0.3) is 0 Å². The first kappa shape index (κ1) is 15.1. The summed E-state index contributed by atoms with van der Waals surface area (Å²) in [4.78, 5) is 26.6. The second kappa shape index (κ2) is 5.57. The van der Waals surface area contributed by atoms with Crippen molar-refractivity contribution in [1.82, 2.24) is 10.3 Å². The Balaban J connectivity index is 2.21. The molecule has 2 amide bonds. The Bertz CT molecular complexity index is 670. The lowest BCUT2D eigenvalue weighted by Gasteiger charge is -2.22. The minimum absolute atomic E-state index is 0.321. The SMILES string of the molecule is CC(C)(N)C(=O)N[C@H](Cc1c[nH]c2ccccc12)C(N)=O. The van der Waals surface area contributed by atoms with E-state index in [0.717, 1.165) is 16.5 Å². The van der Waals surface area contributed by atoms with E-state index in [0.29, 0.717) is 6.42 Å². The van der Waals surface area contributed by atoms with Crippen molar-refractivity contribution in [2.75, 3.05) is 0 Å². The summed E-state index contributed by atoms with van der Waals surface area (Å²) >= 11 is 0. The van der Waals surface area contributed by atoms with Gasteiger partial charge in [-0.15, -0.1) is 0 Å². The monoisotopic (exact) mass is 288 g/mol. The third kappa shape index (κ3) is 3.41. The van der Waals surface area contributed by atoms with Gasteiger partial charge >= 0.3 is 0 Å². The summed E-state index contributed by atoms with van der Waals surface area (Å²) in [6.07, 6.45) is 2.14. The van der Waals surface area contributed by atoms with Crippen LogP contribution in [-0.4, -0.2) is 28.4 Å². The Kier molecular flexibility index (Phi) is 3.99. The number of aromatic nitrogens is 1. The summed E-state index contributed by atoms with van der Waals surface area (Å²) in [5.74, 6) is -0.996. The topological polar surface area (TPSA) is 114 Å². The van der Waals surface area contributed by atoms with Crippen LogP contribution in [0.1, 0.15) is 19.4 Å². The van der Waals surface area contributed by atoms with Crippen molar-refractivity contribution in [2.45, 2.75) is 31.8 Å². The van der Waals surface area contributed by atoms with Crippen LogP contribution in [0.15, 0.2) is 30.5 Å². The van der Waals surface area contributed by atoms with Crippen LogP contribution in [0.3, 0.4) is 0 Å². The van der Waals surface area contributed by atoms with Gasteiger partial charge in [0.15, 0.2) is 0 Å². The fourth-order valence-corrected chi connectivity index (χ4v) is 2.09. The average molecular weight is 288 g/mol. The molecule has 6 nitrogen and oxygen atoms in total. The number of benzene rings is 1. The lowest BCUT2D eigenvalue weighted by molar-refractivity contribution is -0.130. The van der Waals surface area contributed by atoms with E-state index < -0.39 is 23.4 Å². The molecule has 112 valence electrons. The minimum atomic E-state index is -1.06. The number of fused-ring (bicyclic) bond motifs is 1. The quantitative estimate of drug-likeness (QED) is 0.639. The van der Waals surface area contributed by atoms with Crippen LogP contribution in [0.5, 0.6) is 0 Å². The summed E-state index contributed by atoms with van der Waals surface area (Å²) in [5, 5.41) is 3.61. The second-order valence-electron chi connectivity index (χ2n) is 5.71. The zero-order valence-electron chi connectivity index (χ0n) is 12.1. The number of rotatable bonds is 5. The number of hydrogen-bond donors (Lipinski definition) is 4. The van der Waals surface area contributed by atoms with Crippen molar-refractivity contribution in [2.24, 2.45) is 11.5 Å². The van der Waals surface area contributed by atoms with E-state index in [1.165, 1.54) is 0 Å². The Hall–Kier alpha value is -2.34. The molecule has 0 saturated heterocycles. The van der Waals surface area contributed by atoms with Crippen LogP contribution in [0.4, 0.5) is 0 Å². The number of nitrogens with two attached hydrogens (primary N) is 2. The normalized spacial score (nSPS) is 13.1. The fraction of sp³-hybridized carbons (Fsp3) is 0.333. The third-order valence-corrected chi connectivity index (χ3v) is 3.33. The summed E-state index contributed by atoms with van der Waals surface area (Å²) in [6.45, 7) is 3.15. The molecule has 1 atom stereocenters. The van der Waals surface area contributed by atoms with Crippen LogP contribution in [0.2, 0.25) is 0 Å². The summed E-state index contributed by atoms with van der Waals surface area (Å²) in [7, 11) is 0. The number of aromatic amines is 1. The Morgan fingerprint density at radius 3 is 2.62 bits per heavy atom.